The van der Waals surface area contributed by atoms with Crippen LogP contribution in [0.1, 0.15) is 33.3 Å². The molecule has 0 radical (unpaired) electrons. The van der Waals surface area contributed by atoms with E-state index in [4.69, 9.17) is 0 Å². The molecule has 0 saturated carbocycles. The Hall–Kier alpha value is -3.32. The van der Waals surface area contributed by atoms with E-state index in [0.717, 1.165) is 16.0 Å². The van der Waals surface area contributed by atoms with Gasteiger partial charge in [0, 0.05) is 12.6 Å². The topological polar surface area (TPSA) is 149 Å². The average Bonchev–Trinajstić information content (AvgIpc) is 3.35. The Balaban J connectivity index is 1.64. The summed E-state index contributed by atoms with van der Waals surface area (Å²) in [6, 6.07) is 14.1. The molecule has 210 valence electrons. The van der Waals surface area contributed by atoms with Crippen molar-refractivity contribution in [1.29, 1.82) is 0 Å². The molecule has 1 unspecified atom stereocenters. The third-order valence-corrected chi connectivity index (χ3v) is 8.73. The van der Waals surface area contributed by atoms with E-state index in [1.165, 1.54) is 18.2 Å². The normalized spacial score (nSPS) is 12.4. The number of nitrogens with one attached hydrogen (secondary N) is 4. The van der Waals surface area contributed by atoms with Gasteiger partial charge < -0.3 is 0 Å². The van der Waals surface area contributed by atoms with Gasteiger partial charge in [0.05, 0.1) is 4.90 Å². The quantitative estimate of drug-likeness (QED) is 0.133. The summed E-state index contributed by atoms with van der Waals surface area (Å²) in [5.41, 5.74) is 3.88. The van der Waals surface area contributed by atoms with Crippen LogP contribution < -0.4 is 20.7 Å². The molecule has 0 spiro atoms. The van der Waals surface area contributed by atoms with Crippen molar-refractivity contribution in [3.8, 4) is 10.4 Å². The first-order valence-corrected chi connectivity index (χ1v) is 15.0. The predicted octanol–water partition coefficient (Wildman–Crippen LogP) is 2.91. The van der Waals surface area contributed by atoms with Gasteiger partial charge in [-0.1, -0.05) is 17.7 Å². The summed E-state index contributed by atoms with van der Waals surface area (Å²) in [6.07, 6.45) is 0.0347. The Morgan fingerprint density at radius 3 is 2.45 bits per heavy atom. The predicted molar refractivity (Wildman–Crippen MR) is 162 cm³/mol. The van der Waals surface area contributed by atoms with E-state index in [9.17, 15) is 22.9 Å². The number of carbonyl (C=O) groups excluding carboxylic acids is 1. The summed E-state index contributed by atoms with van der Waals surface area (Å²) in [4.78, 5) is 18.4. The van der Waals surface area contributed by atoms with Gasteiger partial charge in [0.1, 0.15) is 0 Å². The van der Waals surface area contributed by atoms with E-state index in [1.807, 2.05) is 49.4 Å². The molecule has 1 amide bonds. The van der Waals surface area contributed by atoms with Crippen LogP contribution in [0.25, 0.3) is 10.4 Å². The molecule has 1 atom stereocenters. The third-order valence-electron chi connectivity index (χ3n) is 5.71. The van der Waals surface area contributed by atoms with E-state index in [-0.39, 0.29) is 29.8 Å². The van der Waals surface area contributed by atoms with Crippen molar-refractivity contribution < 1.29 is 22.9 Å². The van der Waals surface area contributed by atoms with E-state index < -0.39 is 23.1 Å². The Bertz CT molecular complexity index is 1490. The molecule has 0 saturated heterocycles. The Morgan fingerprint density at radius 2 is 1.80 bits per heavy atom. The molecule has 0 aliphatic heterocycles. The molecule has 0 aliphatic carbocycles. The number of anilines is 1. The Morgan fingerprint density at radius 1 is 1.10 bits per heavy atom. The zero-order valence-corrected chi connectivity index (χ0v) is 24.7. The number of carbonyl (C=O) groups is 1. The first-order valence-electron chi connectivity index (χ1n) is 12.7. The van der Waals surface area contributed by atoms with Gasteiger partial charge in [-0.15, -0.1) is 0 Å². The molecule has 3 rings (SSSR count). The summed E-state index contributed by atoms with van der Waals surface area (Å²) in [7, 11) is -4.03. The SMILES string of the molecule is CB(O)/N=C(\NCB=O)Nc1cccc(-c2ccc(C(=O)NCC(C)NS(=O)(=O)c3c(C)cc(C)cc3C)s2)c1. The zero-order valence-electron chi connectivity index (χ0n) is 23.1. The fourth-order valence-electron chi connectivity index (χ4n) is 4.24. The fourth-order valence-corrected chi connectivity index (χ4v) is 6.85. The van der Waals surface area contributed by atoms with Crippen molar-refractivity contribution in [2.45, 2.75) is 45.5 Å². The van der Waals surface area contributed by atoms with Gasteiger partial charge in [0.15, 0.2) is 0 Å². The van der Waals surface area contributed by atoms with Crippen LogP contribution >= 0.6 is 11.3 Å². The molecule has 14 heteroatoms. The Labute approximate surface area is 240 Å². The molecule has 3 aromatic rings. The molecular formula is C26H33B2N5O5S2. The number of nitrogens with zero attached hydrogens (tertiary/aromatic N) is 1. The van der Waals surface area contributed by atoms with Crippen LogP contribution in [0.15, 0.2) is 58.3 Å². The average molecular weight is 581 g/mol. The van der Waals surface area contributed by atoms with Crippen LogP contribution in [0.2, 0.25) is 6.82 Å². The first kappa shape index (κ1) is 31.2. The maximum atomic E-state index is 13.0. The maximum absolute atomic E-state index is 13.0. The van der Waals surface area contributed by atoms with Crippen molar-refractivity contribution >= 4 is 53.1 Å². The van der Waals surface area contributed by atoms with Gasteiger partial charge >= 0.3 is 143 Å². The molecule has 1 heterocycles. The standard InChI is InChI=1S/C26H33B2N5O5S2/c1-16-11-17(2)24(18(3)12-16)40(37,38)33-19(4)14-29-25(34)23-10-9-22(39-23)20-7-6-8-21(13-20)31-26(30-15-27-35)32-28(5)36/h6-13,19,33,36H,14-15H2,1-5H3,(H,29,34)(H2,30,31,32). The number of rotatable bonds is 11. The summed E-state index contributed by atoms with van der Waals surface area (Å²) < 4.78 is 39.4. The van der Waals surface area contributed by atoms with Crippen molar-refractivity contribution in [1.82, 2.24) is 15.4 Å². The number of hydrogen-bond acceptors (Lipinski definition) is 7. The second-order valence-corrected chi connectivity index (χ2v) is 12.2. The second-order valence-electron chi connectivity index (χ2n) is 9.49. The van der Waals surface area contributed by atoms with E-state index in [0.29, 0.717) is 28.8 Å². The van der Waals surface area contributed by atoms with E-state index >= 15 is 0 Å². The van der Waals surface area contributed by atoms with Crippen LogP contribution in [-0.4, -0.2) is 58.5 Å². The van der Waals surface area contributed by atoms with Crippen molar-refractivity contribution in [2.24, 2.45) is 4.90 Å². The molecule has 0 bridgehead atoms. The van der Waals surface area contributed by atoms with Gasteiger partial charge in [-0.2, -0.15) is 0 Å². The third kappa shape index (κ3) is 8.59. The molecule has 5 N–H and O–H groups in total. The minimum atomic E-state index is -3.76. The summed E-state index contributed by atoms with van der Waals surface area (Å²) in [6.45, 7) is 8.79. The van der Waals surface area contributed by atoms with Crippen LogP contribution in [0.5, 0.6) is 0 Å². The van der Waals surface area contributed by atoms with Crippen molar-refractivity contribution in [3.63, 3.8) is 0 Å². The first-order chi connectivity index (χ1) is 18.9. The molecule has 0 fully saturated rings. The summed E-state index contributed by atoms with van der Waals surface area (Å²) >= 11 is 1.30. The Kier molecular flexibility index (Phi) is 10.8. The fraction of sp³-hybridized carbons (Fsp3) is 0.308. The monoisotopic (exact) mass is 581 g/mol. The van der Waals surface area contributed by atoms with Gasteiger partial charge in [0.2, 0.25) is 10.0 Å². The van der Waals surface area contributed by atoms with E-state index in [1.54, 1.807) is 26.8 Å². The minimum absolute atomic E-state index is 0.0347. The van der Waals surface area contributed by atoms with Gasteiger partial charge in [-0.3, -0.25) is 0 Å². The number of aryl methyl sites for hydroxylation is 3. The van der Waals surface area contributed by atoms with Gasteiger partial charge in [-0.05, 0) is 38.8 Å². The van der Waals surface area contributed by atoms with Crippen molar-refractivity contribution in [2.75, 3.05) is 18.3 Å². The van der Waals surface area contributed by atoms with E-state index in [2.05, 4.69) is 25.6 Å². The number of sulfonamides is 1. The molecule has 0 aliphatic rings. The molecule has 1 aromatic heterocycles. The number of thiophene rings is 1. The van der Waals surface area contributed by atoms with Gasteiger partial charge in [-0.25, -0.2) is 13.1 Å². The zero-order chi connectivity index (χ0) is 29.4. The summed E-state index contributed by atoms with van der Waals surface area (Å²) in [5, 5.41) is 18.2. The number of hydrogen-bond donors (Lipinski definition) is 5. The summed E-state index contributed by atoms with van der Waals surface area (Å²) in [5.74, 6) is -0.0494. The van der Waals surface area contributed by atoms with Crippen LogP contribution in [0.3, 0.4) is 0 Å². The molecule has 10 nitrogen and oxygen atoms in total. The number of guanidine groups is 1. The van der Waals surface area contributed by atoms with Crippen LogP contribution in [0, 0.1) is 20.8 Å². The number of amides is 1. The second kappa shape index (κ2) is 13.8. The van der Waals surface area contributed by atoms with Gasteiger partial charge in [0.25, 0.3) is 0 Å². The van der Waals surface area contributed by atoms with Crippen LogP contribution in [-0.2, 0) is 14.7 Å². The molecular weight excluding hydrogens is 548 g/mol. The van der Waals surface area contributed by atoms with Crippen molar-refractivity contribution in [3.05, 3.63) is 70.1 Å². The molecule has 40 heavy (non-hydrogen) atoms. The number of benzene rings is 2. The van der Waals surface area contributed by atoms with Crippen LogP contribution in [0.4, 0.5) is 5.69 Å². The molecule has 2 aromatic carbocycles.